The van der Waals surface area contributed by atoms with Gasteiger partial charge in [-0.1, -0.05) is 6.07 Å². The Kier molecular flexibility index (Phi) is 7.22. The molecule has 0 saturated heterocycles. The summed E-state index contributed by atoms with van der Waals surface area (Å²) < 4.78 is 11.1. The summed E-state index contributed by atoms with van der Waals surface area (Å²) >= 11 is 0. The van der Waals surface area contributed by atoms with Gasteiger partial charge in [0.15, 0.2) is 11.5 Å². The van der Waals surface area contributed by atoms with E-state index in [1.54, 1.807) is 0 Å². The molecular formula is C14H24N2O2. The van der Waals surface area contributed by atoms with Gasteiger partial charge in [-0.3, -0.25) is 0 Å². The van der Waals surface area contributed by atoms with Crippen molar-refractivity contribution >= 4 is 0 Å². The van der Waals surface area contributed by atoms with E-state index in [1.165, 1.54) is 5.56 Å². The average Bonchev–Trinajstić information content (AvgIpc) is 2.38. The summed E-state index contributed by atoms with van der Waals surface area (Å²) in [6, 6.07) is 6.06. The molecule has 1 rings (SSSR count). The molecule has 0 heterocycles. The van der Waals surface area contributed by atoms with Crippen LogP contribution in [-0.2, 0) is 6.54 Å². The van der Waals surface area contributed by atoms with E-state index in [9.17, 15) is 0 Å². The highest BCUT2D eigenvalue weighted by Gasteiger charge is 2.05. The largest absolute Gasteiger partial charge is 0.490 e. The zero-order chi connectivity index (χ0) is 13.2. The molecule has 0 radical (unpaired) electrons. The number of rotatable bonds is 9. The maximum atomic E-state index is 5.58. The molecule has 1 aromatic rings. The molecule has 3 N–H and O–H groups in total. The summed E-state index contributed by atoms with van der Waals surface area (Å²) in [5, 5.41) is 3.35. The number of nitrogens with two attached hydrogens (primary N) is 1. The molecule has 0 spiro atoms. The fourth-order valence-corrected chi connectivity index (χ4v) is 1.67. The van der Waals surface area contributed by atoms with Gasteiger partial charge in [0.25, 0.3) is 0 Å². The zero-order valence-electron chi connectivity index (χ0n) is 11.4. The standard InChI is InChI=1S/C14H24N2O2/c1-3-17-13-7-6-12(10-14(13)18-4-2)11-16-9-5-8-15/h6-7,10,16H,3-5,8-9,11,15H2,1-2H3. The predicted octanol–water partition coefficient (Wildman–Crippen LogP) is 1.92. The second-order valence-corrected chi connectivity index (χ2v) is 3.97. The molecule has 0 aromatic heterocycles. The number of hydrogen-bond donors (Lipinski definition) is 2. The first-order chi connectivity index (χ1) is 8.81. The van der Waals surface area contributed by atoms with E-state index < -0.39 is 0 Å². The van der Waals surface area contributed by atoms with Crippen molar-refractivity contribution in [2.75, 3.05) is 26.3 Å². The molecule has 0 aliphatic rings. The van der Waals surface area contributed by atoms with Crippen LogP contribution in [0.4, 0.5) is 0 Å². The Bertz CT molecular complexity index is 343. The van der Waals surface area contributed by atoms with E-state index in [2.05, 4.69) is 11.4 Å². The Labute approximate surface area is 109 Å². The van der Waals surface area contributed by atoms with Crippen LogP contribution in [0.15, 0.2) is 18.2 Å². The third kappa shape index (κ3) is 4.94. The number of ether oxygens (including phenoxy) is 2. The topological polar surface area (TPSA) is 56.5 Å². The SMILES string of the molecule is CCOc1ccc(CNCCCN)cc1OCC. The quantitative estimate of drug-likeness (QED) is 0.659. The Morgan fingerprint density at radius 1 is 1.11 bits per heavy atom. The van der Waals surface area contributed by atoms with Crippen molar-refractivity contribution < 1.29 is 9.47 Å². The van der Waals surface area contributed by atoms with Crippen LogP contribution in [-0.4, -0.2) is 26.3 Å². The van der Waals surface area contributed by atoms with E-state index in [0.29, 0.717) is 13.2 Å². The second kappa shape index (κ2) is 8.78. The lowest BCUT2D eigenvalue weighted by molar-refractivity contribution is 0.287. The Morgan fingerprint density at radius 2 is 1.83 bits per heavy atom. The van der Waals surface area contributed by atoms with Gasteiger partial charge in [0.05, 0.1) is 13.2 Å². The second-order valence-electron chi connectivity index (χ2n) is 3.97. The van der Waals surface area contributed by atoms with Crippen molar-refractivity contribution in [2.45, 2.75) is 26.8 Å². The van der Waals surface area contributed by atoms with Gasteiger partial charge in [-0.15, -0.1) is 0 Å². The summed E-state index contributed by atoms with van der Waals surface area (Å²) in [6.07, 6.45) is 0.995. The molecule has 0 fully saturated rings. The van der Waals surface area contributed by atoms with E-state index in [-0.39, 0.29) is 0 Å². The van der Waals surface area contributed by atoms with Crippen LogP contribution in [0.2, 0.25) is 0 Å². The van der Waals surface area contributed by atoms with Crippen LogP contribution < -0.4 is 20.5 Å². The Balaban J connectivity index is 2.61. The van der Waals surface area contributed by atoms with Gasteiger partial charge in [0.2, 0.25) is 0 Å². The first-order valence-corrected chi connectivity index (χ1v) is 6.61. The van der Waals surface area contributed by atoms with Gasteiger partial charge < -0.3 is 20.5 Å². The number of benzene rings is 1. The van der Waals surface area contributed by atoms with Crippen LogP contribution in [0, 0.1) is 0 Å². The highest BCUT2D eigenvalue weighted by Crippen LogP contribution is 2.28. The molecule has 18 heavy (non-hydrogen) atoms. The molecule has 0 unspecified atom stereocenters. The smallest absolute Gasteiger partial charge is 0.161 e. The highest BCUT2D eigenvalue weighted by atomic mass is 16.5. The van der Waals surface area contributed by atoms with Crippen molar-refractivity contribution in [2.24, 2.45) is 5.73 Å². The summed E-state index contributed by atoms with van der Waals surface area (Å²) in [5.41, 5.74) is 6.64. The van der Waals surface area contributed by atoms with Crippen molar-refractivity contribution in [3.05, 3.63) is 23.8 Å². The average molecular weight is 252 g/mol. The maximum Gasteiger partial charge on any atom is 0.161 e. The fourth-order valence-electron chi connectivity index (χ4n) is 1.67. The van der Waals surface area contributed by atoms with Crippen LogP contribution in [0.3, 0.4) is 0 Å². The molecule has 0 aliphatic carbocycles. The Morgan fingerprint density at radius 3 is 2.50 bits per heavy atom. The molecule has 0 atom stereocenters. The molecule has 4 heteroatoms. The van der Waals surface area contributed by atoms with Gasteiger partial charge in [0.1, 0.15) is 0 Å². The highest BCUT2D eigenvalue weighted by molar-refractivity contribution is 5.43. The predicted molar refractivity (Wildman–Crippen MR) is 74.2 cm³/mol. The van der Waals surface area contributed by atoms with Crippen molar-refractivity contribution in [3.63, 3.8) is 0 Å². The molecule has 1 aromatic carbocycles. The lowest BCUT2D eigenvalue weighted by Gasteiger charge is -2.12. The van der Waals surface area contributed by atoms with E-state index in [4.69, 9.17) is 15.2 Å². The van der Waals surface area contributed by atoms with Crippen molar-refractivity contribution in [1.29, 1.82) is 0 Å². The van der Waals surface area contributed by atoms with Crippen LogP contribution in [0.25, 0.3) is 0 Å². The minimum Gasteiger partial charge on any atom is -0.490 e. The third-order valence-electron chi connectivity index (χ3n) is 2.49. The molecular weight excluding hydrogens is 228 g/mol. The van der Waals surface area contributed by atoms with Crippen LogP contribution in [0.1, 0.15) is 25.8 Å². The minimum absolute atomic E-state index is 0.643. The first kappa shape index (κ1) is 14.8. The summed E-state index contributed by atoms with van der Waals surface area (Å²) in [5.74, 6) is 1.63. The lowest BCUT2D eigenvalue weighted by Crippen LogP contribution is -2.17. The lowest BCUT2D eigenvalue weighted by atomic mass is 10.2. The fraction of sp³-hybridized carbons (Fsp3) is 0.571. The first-order valence-electron chi connectivity index (χ1n) is 6.61. The van der Waals surface area contributed by atoms with E-state index in [1.807, 2.05) is 26.0 Å². The normalized spacial score (nSPS) is 10.4. The van der Waals surface area contributed by atoms with Gasteiger partial charge in [-0.25, -0.2) is 0 Å². The summed E-state index contributed by atoms with van der Waals surface area (Å²) in [6.45, 7) is 7.72. The van der Waals surface area contributed by atoms with Gasteiger partial charge >= 0.3 is 0 Å². The molecule has 4 nitrogen and oxygen atoms in total. The Hall–Kier alpha value is -1.26. The van der Waals surface area contributed by atoms with Gasteiger partial charge in [0, 0.05) is 6.54 Å². The third-order valence-corrected chi connectivity index (χ3v) is 2.49. The van der Waals surface area contributed by atoms with Crippen molar-refractivity contribution in [1.82, 2.24) is 5.32 Å². The molecule has 0 amide bonds. The van der Waals surface area contributed by atoms with E-state index >= 15 is 0 Å². The number of nitrogens with one attached hydrogen (secondary N) is 1. The minimum atomic E-state index is 0.643. The van der Waals surface area contributed by atoms with Gasteiger partial charge in [-0.05, 0) is 51.1 Å². The molecule has 0 aliphatic heterocycles. The summed E-state index contributed by atoms with van der Waals surface area (Å²) in [4.78, 5) is 0. The molecule has 102 valence electrons. The molecule has 0 bridgehead atoms. The maximum absolute atomic E-state index is 5.58. The van der Waals surface area contributed by atoms with Crippen LogP contribution in [0.5, 0.6) is 11.5 Å². The van der Waals surface area contributed by atoms with Gasteiger partial charge in [-0.2, -0.15) is 0 Å². The van der Waals surface area contributed by atoms with Crippen LogP contribution >= 0.6 is 0 Å². The van der Waals surface area contributed by atoms with E-state index in [0.717, 1.165) is 37.6 Å². The summed E-state index contributed by atoms with van der Waals surface area (Å²) in [7, 11) is 0. The van der Waals surface area contributed by atoms with Crippen molar-refractivity contribution in [3.8, 4) is 11.5 Å². The molecule has 0 saturated carbocycles. The number of hydrogen-bond acceptors (Lipinski definition) is 4. The zero-order valence-corrected chi connectivity index (χ0v) is 11.4. The monoisotopic (exact) mass is 252 g/mol.